The minimum absolute atomic E-state index is 0. The van der Waals surface area contributed by atoms with Crippen LogP contribution in [0.5, 0.6) is 0 Å². The lowest BCUT2D eigenvalue weighted by Crippen LogP contribution is -2.39. The van der Waals surface area contributed by atoms with E-state index in [-0.39, 0.29) is 23.3 Å². The number of hydrogen-bond acceptors (Lipinski definition) is 2. The van der Waals surface area contributed by atoms with Crippen molar-refractivity contribution in [2.24, 2.45) is 23.7 Å². The smallest absolute Gasteiger partial charge is 0.307 e. The fourth-order valence-corrected chi connectivity index (χ4v) is 2.81. The van der Waals surface area contributed by atoms with Crippen LogP contribution in [0.4, 0.5) is 0 Å². The van der Waals surface area contributed by atoms with Crippen molar-refractivity contribution in [3.63, 3.8) is 0 Å². The Hall–Kier alpha value is -0.528. The quantitative estimate of drug-likeness (QED) is 0.739. The van der Waals surface area contributed by atoms with Crippen LogP contribution in [-0.4, -0.2) is 39.5 Å². The van der Waals surface area contributed by atoms with Crippen LogP contribution in [0, 0.1) is 23.7 Å². The zero-order valence-electron chi connectivity index (χ0n) is 9.85. The van der Waals surface area contributed by atoms with Gasteiger partial charge in [-0.15, -0.1) is 0 Å². The monoisotopic (exact) mass is 258 g/mol. The summed E-state index contributed by atoms with van der Waals surface area (Å²) >= 11 is 0. The Morgan fingerprint density at radius 2 is 1.76 bits per heavy atom. The number of hydrogen-bond donors (Lipinski definition) is 2. The molecule has 0 saturated heterocycles. The largest absolute Gasteiger partial charge is 0.481 e. The third kappa shape index (κ3) is 4.33. The second-order valence-corrected chi connectivity index (χ2v) is 5.13. The standard InChI is InChI=1S/C12H20O4.Al.3H/c1-7(2)6-8-4-3-5-9(11(13)14)10(8)12(15)16;;;;/h7-10H,3-6H2,1-2H3,(H,13,14)(H,15,16);;;;. The Morgan fingerprint density at radius 1 is 1.18 bits per heavy atom. The Kier molecular flexibility index (Phi) is 6.81. The zero-order valence-corrected chi connectivity index (χ0v) is 9.85. The number of carbonyl (C=O) groups is 2. The molecule has 1 aliphatic carbocycles. The first-order valence-corrected chi connectivity index (χ1v) is 5.89. The van der Waals surface area contributed by atoms with Crippen LogP contribution in [0.2, 0.25) is 0 Å². The van der Waals surface area contributed by atoms with Crippen molar-refractivity contribution in [2.75, 3.05) is 0 Å². The van der Waals surface area contributed by atoms with Gasteiger partial charge >= 0.3 is 11.9 Å². The minimum Gasteiger partial charge on any atom is -0.481 e. The molecule has 1 saturated carbocycles. The molecular weight excluding hydrogens is 235 g/mol. The van der Waals surface area contributed by atoms with E-state index in [1.165, 1.54) is 0 Å². The van der Waals surface area contributed by atoms with Gasteiger partial charge in [0.15, 0.2) is 17.4 Å². The van der Waals surface area contributed by atoms with Gasteiger partial charge in [-0.3, -0.25) is 9.59 Å². The lowest BCUT2D eigenvalue weighted by atomic mass is 9.69. The number of carboxylic acids is 2. The third-order valence-electron chi connectivity index (χ3n) is 3.41. The summed E-state index contributed by atoms with van der Waals surface area (Å²) < 4.78 is 0. The van der Waals surface area contributed by atoms with Crippen molar-refractivity contribution >= 4 is 29.3 Å². The summed E-state index contributed by atoms with van der Waals surface area (Å²) in [6.07, 6.45) is 2.98. The summed E-state index contributed by atoms with van der Waals surface area (Å²) in [4.78, 5) is 22.2. The Morgan fingerprint density at radius 3 is 2.18 bits per heavy atom. The van der Waals surface area contributed by atoms with Gasteiger partial charge in [-0.2, -0.15) is 0 Å². The predicted molar refractivity (Wildman–Crippen MR) is 69.0 cm³/mol. The van der Waals surface area contributed by atoms with Gasteiger partial charge in [-0.25, -0.2) is 0 Å². The number of aliphatic carboxylic acids is 2. The van der Waals surface area contributed by atoms with Crippen LogP contribution in [0.3, 0.4) is 0 Å². The third-order valence-corrected chi connectivity index (χ3v) is 3.41. The van der Waals surface area contributed by atoms with E-state index < -0.39 is 23.8 Å². The van der Waals surface area contributed by atoms with E-state index in [2.05, 4.69) is 0 Å². The molecular formula is C12H23AlO4. The molecule has 3 atom stereocenters. The normalized spacial score (nSPS) is 28.5. The Bertz CT molecular complexity index is 278. The maximum Gasteiger partial charge on any atom is 0.307 e. The topological polar surface area (TPSA) is 74.6 Å². The molecule has 0 aliphatic heterocycles. The molecule has 2 N–H and O–H groups in total. The number of carboxylic acid groups (broad SMARTS) is 2. The van der Waals surface area contributed by atoms with E-state index in [0.717, 1.165) is 19.3 Å². The second-order valence-electron chi connectivity index (χ2n) is 5.13. The molecule has 17 heavy (non-hydrogen) atoms. The Labute approximate surface area is 113 Å². The molecule has 1 fully saturated rings. The molecule has 0 aromatic heterocycles. The molecule has 1 aliphatic rings. The van der Waals surface area contributed by atoms with Crippen LogP contribution < -0.4 is 0 Å². The van der Waals surface area contributed by atoms with Gasteiger partial charge in [0.05, 0.1) is 11.8 Å². The van der Waals surface area contributed by atoms with E-state index in [1.807, 2.05) is 13.8 Å². The van der Waals surface area contributed by atoms with E-state index in [0.29, 0.717) is 12.3 Å². The average molecular weight is 258 g/mol. The highest BCUT2D eigenvalue weighted by molar-refractivity contribution is 5.80. The predicted octanol–water partition coefficient (Wildman–Crippen LogP) is 1.05. The number of rotatable bonds is 4. The molecule has 1 rings (SSSR count). The van der Waals surface area contributed by atoms with Crippen LogP contribution >= 0.6 is 0 Å². The lowest BCUT2D eigenvalue weighted by Gasteiger charge is -2.34. The van der Waals surface area contributed by atoms with Gasteiger partial charge in [0.1, 0.15) is 0 Å². The zero-order chi connectivity index (χ0) is 12.3. The van der Waals surface area contributed by atoms with Crippen molar-refractivity contribution in [1.82, 2.24) is 0 Å². The van der Waals surface area contributed by atoms with Crippen molar-refractivity contribution in [2.45, 2.75) is 39.5 Å². The van der Waals surface area contributed by atoms with Crippen LogP contribution in [-0.2, 0) is 9.59 Å². The highest BCUT2D eigenvalue weighted by atomic mass is 27.0. The second kappa shape index (κ2) is 7.03. The summed E-state index contributed by atoms with van der Waals surface area (Å²) in [6.45, 7) is 4.09. The summed E-state index contributed by atoms with van der Waals surface area (Å²) in [5.41, 5.74) is 0. The Balaban J connectivity index is 0.00000256. The van der Waals surface area contributed by atoms with Crippen LogP contribution in [0.15, 0.2) is 0 Å². The SMILES string of the molecule is CC(C)CC1CCCC(C(=O)O)C1C(=O)O.[AlH3]. The van der Waals surface area contributed by atoms with Gasteiger partial charge in [-0.05, 0) is 31.1 Å². The molecule has 0 heterocycles. The van der Waals surface area contributed by atoms with E-state index in [9.17, 15) is 14.7 Å². The molecule has 0 spiro atoms. The van der Waals surface area contributed by atoms with E-state index >= 15 is 0 Å². The molecule has 98 valence electrons. The van der Waals surface area contributed by atoms with Crippen molar-refractivity contribution in [1.29, 1.82) is 0 Å². The molecule has 0 aromatic carbocycles. The van der Waals surface area contributed by atoms with Gasteiger partial charge in [-0.1, -0.05) is 20.3 Å². The maximum absolute atomic E-state index is 11.2. The van der Waals surface area contributed by atoms with E-state index in [4.69, 9.17) is 5.11 Å². The molecule has 3 unspecified atom stereocenters. The molecule has 0 bridgehead atoms. The summed E-state index contributed by atoms with van der Waals surface area (Å²) in [5.74, 6) is -2.87. The van der Waals surface area contributed by atoms with Crippen LogP contribution in [0.25, 0.3) is 0 Å². The van der Waals surface area contributed by atoms with Gasteiger partial charge < -0.3 is 10.2 Å². The van der Waals surface area contributed by atoms with Gasteiger partial charge in [0.25, 0.3) is 0 Å². The van der Waals surface area contributed by atoms with Gasteiger partial charge in [0, 0.05) is 0 Å². The fourth-order valence-electron chi connectivity index (χ4n) is 2.81. The first-order chi connectivity index (χ1) is 7.43. The fraction of sp³-hybridized carbons (Fsp3) is 0.833. The van der Waals surface area contributed by atoms with Crippen LogP contribution in [0.1, 0.15) is 39.5 Å². The molecule has 0 aromatic rings. The summed E-state index contributed by atoms with van der Waals surface area (Å²) in [7, 11) is 0. The lowest BCUT2D eigenvalue weighted by molar-refractivity contribution is -0.158. The molecule has 0 radical (unpaired) electrons. The van der Waals surface area contributed by atoms with Crippen molar-refractivity contribution in [3.05, 3.63) is 0 Å². The van der Waals surface area contributed by atoms with Gasteiger partial charge in [0.2, 0.25) is 0 Å². The highest BCUT2D eigenvalue weighted by Crippen LogP contribution is 2.38. The minimum atomic E-state index is -0.958. The highest BCUT2D eigenvalue weighted by Gasteiger charge is 2.42. The van der Waals surface area contributed by atoms with Crippen molar-refractivity contribution < 1.29 is 19.8 Å². The van der Waals surface area contributed by atoms with Crippen molar-refractivity contribution in [3.8, 4) is 0 Å². The first-order valence-electron chi connectivity index (χ1n) is 5.89. The molecule has 0 amide bonds. The summed E-state index contributed by atoms with van der Waals surface area (Å²) in [5, 5.41) is 18.2. The average Bonchev–Trinajstić information content (AvgIpc) is 2.15. The maximum atomic E-state index is 11.2. The first kappa shape index (κ1) is 16.5. The molecule has 5 heteroatoms. The summed E-state index contributed by atoms with van der Waals surface area (Å²) in [6, 6.07) is 0. The molecule has 4 nitrogen and oxygen atoms in total. The van der Waals surface area contributed by atoms with E-state index in [1.54, 1.807) is 0 Å².